The summed E-state index contributed by atoms with van der Waals surface area (Å²) in [6.45, 7) is 1.99. The van der Waals surface area contributed by atoms with E-state index in [9.17, 15) is 10.1 Å². The second kappa shape index (κ2) is 6.88. The Kier molecular flexibility index (Phi) is 4.68. The highest BCUT2D eigenvalue weighted by atomic mass is 32.2. The zero-order valence-electron chi connectivity index (χ0n) is 13.0. The standard InChI is InChI=1S/C17H18N4OS/c1-23-17-19-15(13(11-18)16(22)20-17)12-7-3-4-8-14(12)21-9-5-2-6-10-21/h3-4,7-8H,2,5-6,9-10H2,1H3,(H,19,20,22). The number of piperidine rings is 1. The number of H-pyrrole nitrogens is 1. The molecular weight excluding hydrogens is 308 g/mol. The predicted molar refractivity (Wildman–Crippen MR) is 92.9 cm³/mol. The van der Waals surface area contributed by atoms with Gasteiger partial charge in [0.25, 0.3) is 5.56 Å². The minimum Gasteiger partial charge on any atom is -0.371 e. The SMILES string of the molecule is CSc1nc(-c2ccccc2N2CCCCC2)c(C#N)c(=O)[nH]1. The van der Waals surface area contributed by atoms with Crippen molar-refractivity contribution >= 4 is 17.4 Å². The first-order valence-corrected chi connectivity index (χ1v) is 8.90. The molecule has 0 saturated carbocycles. The number of para-hydroxylation sites is 1. The molecular formula is C17H18N4OS. The molecule has 1 aromatic carbocycles. The van der Waals surface area contributed by atoms with Crippen molar-refractivity contribution in [2.45, 2.75) is 24.4 Å². The Morgan fingerprint density at radius 2 is 2.00 bits per heavy atom. The summed E-state index contributed by atoms with van der Waals surface area (Å²) < 4.78 is 0. The van der Waals surface area contributed by atoms with Crippen LogP contribution in [0, 0.1) is 11.3 Å². The van der Waals surface area contributed by atoms with Gasteiger partial charge in [0, 0.05) is 24.3 Å². The monoisotopic (exact) mass is 326 g/mol. The smallest absolute Gasteiger partial charge is 0.270 e. The van der Waals surface area contributed by atoms with Gasteiger partial charge < -0.3 is 9.88 Å². The van der Waals surface area contributed by atoms with Crippen molar-refractivity contribution in [3.63, 3.8) is 0 Å². The minimum atomic E-state index is -0.379. The third kappa shape index (κ3) is 3.10. The molecule has 1 saturated heterocycles. The van der Waals surface area contributed by atoms with Gasteiger partial charge in [0.05, 0.1) is 5.69 Å². The van der Waals surface area contributed by atoms with E-state index in [-0.39, 0.29) is 11.1 Å². The third-order valence-electron chi connectivity index (χ3n) is 4.06. The van der Waals surface area contributed by atoms with Crippen LogP contribution in [0.4, 0.5) is 5.69 Å². The number of aromatic amines is 1. The lowest BCUT2D eigenvalue weighted by molar-refractivity contribution is 0.578. The summed E-state index contributed by atoms with van der Waals surface area (Å²) in [5, 5.41) is 9.92. The number of nitrogens with zero attached hydrogens (tertiary/aromatic N) is 3. The number of aromatic nitrogens is 2. The Morgan fingerprint density at radius 1 is 1.26 bits per heavy atom. The van der Waals surface area contributed by atoms with E-state index in [0.29, 0.717) is 10.9 Å². The first-order chi connectivity index (χ1) is 11.2. The highest BCUT2D eigenvalue weighted by Gasteiger charge is 2.20. The van der Waals surface area contributed by atoms with E-state index in [4.69, 9.17) is 0 Å². The van der Waals surface area contributed by atoms with E-state index in [2.05, 4.69) is 14.9 Å². The van der Waals surface area contributed by atoms with Gasteiger partial charge in [0.1, 0.15) is 11.6 Å². The van der Waals surface area contributed by atoms with Gasteiger partial charge in [0.15, 0.2) is 5.16 Å². The second-order valence-electron chi connectivity index (χ2n) is 5.48. The first kappa shape index (κ1) is 15.6. The van der Waals surface area contributed by atoms with E-state index < -0.39 is 0 Å². The van der Waals surface area contributed by atoms with Crippen LogP contribution >= 0.6 is 11.8 Å². The van der Waals surface area contributed by atoms with Crippen LogP contribution in [0.2, 0.25) is 0 Å². The molecule has 0 radical (unpaired) electrons. The summed E-state index contributed by atoms with van der Waals surface area (Å²) in [5.74, 6) is 0. The van der Waals surface area contributed by atoms with Crippen LogP contribution in [-0.4, -0.2) is 29.3 Å². The fraction of sp³-hybridized carbons (Fsp3) is 0.353. The molecule has 3 rings (SSSR count). The second-order valence-corrected chi connectivity index (χ2v) is 6.27. The van der Waals surface area contributed by atoms with Crippen LogP contribution in [0.3, 0.4) is 0 Å². The van der Waals surface area contributed by atoms with Gasteiger partial charge in [-0.05, 0) is 31.6 Å². The zero-order chi connectivity index (χ0) is 16.2. The van der Waals surface area contributed by atoms with Gasteiger partial charge in [0.2, 0.25) is 0 Å². The number of benzene rings is 1. The number of nitrogens with one attached hydrogen (secondary N) is 1. The van der Waals surface area contributed by atoms with Crippen molar-refractivity contribution in [1.82, 2.24) is 9.97 Å². The zero-order valence-corrected chi connectivity index (χ0v) is 13.8. The summed E-state index contributed by atoms with van der Waals surface area (Å²) in [7, 11) is 0. The van der Waals surface area contributed by atoms with Crippen molar-refractivity contribution in [2.75, 3.05) is 24.2 Å². The van der Waals surface area contributed by atoms with E-state index in [1.807, 2.05) is 36.6 Å². The van der Waals surface area contributed by atoms with E-state index >= 15 is 0 Å². The normalized spacial score (nSPS) is 14.5. The molecule has 0 aliphatic carbocycles. The van der Waals surface area contributed by atoms with Crippen LogP contribution in [0.25, 0.3) is 11.3 Å². The van der Waals surface area contributed by atoms with Crippen molar-refractivity contribution < 1.29 is 0 Å². The molecule has 5 nitrogen and oxygen atoms in total. The van der Waals surface area contributed by atoms with Crippen molar-refractivity contribution in [3.05, 3.63) is 40.2 Å². The molecule has 6 heteroatoms. The Balaban J connectivity index is 2.18. The summed E-state index contributed by atoms with van der Waals surface area (Å²) >= 11 is 1.36. The number of thioether (sulfide) groups is 1. The van der Waals surface area contributed by atoms with E-state index in [0.717, 1.165) is 37.2 Å². The maximum atomic E-state index is 12.2. The fourth-order valence-electron chi connectivity index (χ4n) is 2.93. The number of hydrogen-bond donors (Lipinski definition) is 1. The van der Waals surface area contributed by atoms with Crippen LogP contribution in [0.1, 0.15) is 24.8 Å². The van der Waals surface area contributed by atoms with Crippen LogP contribution in [0.15, 0.2) is 34.2 Å². The molecule has 2 heterocycles. The number of hydrogen-bond acceptors (Lipinski definition) is 5. The largest absolute Gasteiger partial charge is 0.371 e. The lowest BCUT2D eigenvalue weighted by Crippen LogP contribution is -2.30. The average Bonchev–Trinajstić information content (AvgIpc) is 2.61. The molecule has 23 heavy (non-hydrogen) atoms. The highest BCUT2D eigenvalue weighted by Crippen LogP contribution is 2.32. The topological polar surface area (TPSA) is 72.8 Å². The van der Waals surface area contributed by atoms with Gasteiger partial charge in [-0.2, -0.15) is 5.26 Å². The molecule has 118 valence electrons. The quantitative estimate of drug-likeness (QED) is 0.693. The van der Waals surface area contributed by atoms with Crippen molar-refractivity contribution in [3.8, 4) is 17.3 Å². The minimum absolute atomic E-state index is 0.0762. The lowest BCUT2D eigenvalue weighted by atomic mass is 10.0. The summed E-state index contributed by atoms with van der Waals surface area (Å²) in [4.78, 5) is 21.6. The molecule has 2 aromatic rings. The summed E-state index contributed by atoms with van der Waals surface area (Å²) in [6, 6.07) is 9.91. The highest BCUT2D eigenvalue weighted by molar-refractivity contribution is 7.98. The Labute approximate surface area is 139 Å². The van der Waals surface area contributed by atoms with E-state index in [1.165, 1.54) is 18.2 Å². The number of anilines is 1. The molecule has 0 amide bonds. The Morgan fingerprint density at radius 3 is 2.70 bits per heavy atom. The molecule has 0 bridgehead atoms. The average molecular weight is 326 g/mol. The molecule has 0 spiro atoms. The number of nitriles is 1. The fourth-order valence-corrected chi connectivity index (χ4v) is 3.31. The Hall–Kier alpha value is -2.26. The molecule has 0 unspecified atom stereocenters. The molecule has 1 aliphatic rings. The van der Waals surface area contributed by atoms with Crippen LogP contribution in [-0.2, 0) is 0 Å². The van der Waals surface area contributed by atoms with Gasteiger partial charge in [-0.25, -0.2) is 4.98 Å². The molecule has 1 aromatic heterocycles. The van der Waals surface area contributed by atoms with Crippen LogP contribution < -0.4 is 10.5 Å². The summed E-state index contributed by atoms with van der Waals surface area (Å²) in [5.41, 5.74) is 2.07. The maximum absolute atomic E-state index is 12.2. The third-order valence-corrected chi connectivity index (χ3v) is 4.64. The predicted octanol–water partition coefficient (Wildman–Crippen LogP) is 3.02. The molecule has 1 aliphatic heterocycles. The lowest BCUT2D eigenvalue weighted by Gasteiger charge is -2.30. The Bertz CT molecular complexity index is 803. The van der Waals surface area contributed by atoms with Gasteiger partial charge in [-0.15, -0.1) is 0 Å². The molecule has 0 atom stereocenters. The maximum Gasteiger partial charge on any atom is 0.270 e. The van der Waals surface area contributed by atoms with Gasteiger partial charge in [-0.3, -0.25) is 4.79 Å². The molecule has 1 N–H and O–H groups in total. The number of rotatable bonds is 3. The first-order valence-electron chi connectivity index (χ1n) is 7.67. The van der Waals surface area contributed by atoms with E-state index in [1.54, 1.807) is 0 Å². The van der Waals surface area contributed by atoms with Gasteiger partial charge in [-0.1, -0.05) is 30.0 Å². The van der Waals surface area contributed by atoms with Gasteiger partial charge >= 0.3 is 0 Å². The van der Waals surface area contributed by atoms with Crippen molar-refractivity contribution in [2.24, 2.45) is 0 Å². The summed E-state index contributed by atoms with van der Waals surface area (Å²) in [6.07, 6.45) is 5.43. The molecule has 1 fully saturated rings. The van der Waals surface area contributed by atoms with Crippen molar-refractivity contribution in [1.29, 1.82) is 5.26 Å². The van der Waals surface area contributed by atoms with Crippen LogP contribution in [0.5, 0.6) is 0 Å².